The second kappa shape index (κ2) is 7.49. The standard InChI is InChI=1S/C18H14BrF3N2O2/c19-12-5-4-11(10-15(12)22)17(25)23-6-8-24(9-7-23)18(26)16-13(20)2-1-3-14(16)21/h1-5,10H,6-9H2. The molecule has 0 N–H and O–H groups in total. The van der Waals surface area contributed by atoms with Crippen LogP contribution in [0.1, 0.15) is 20.7 Å². The molecule has 0 radical (unpaired) electrons. The van der Waals surface area contributed by atoms with Gasteiger partial charge in [0.2, 0.25) is 0 Å². The minimum Gasteiger partial charge on any atom is -0.335 e. The fourth-order valence-electron chi connectivity index (χ4n) is 2.78. The first kappa shape index (κ1) is 18.4. The lowest BCUT2D eigenvalue weighted by Crippen LogP contribution is -2.50. The molecule has 0 aliphatic carbocycles. The maximum atomic E-state index is 13.8. The summed E-state index contributed by atoms with van der Waals surface area (Å²) in [6.45, 7) is 0.658. The summed E-state index contributed by atoms with van der Waals surface area (Å²) in [6.07, 6.45) is 0. The molecule has 1 saturated heterocycles. The number of amides is 2. The smallest absolute Gasteiger partial charge is 0.259 e. The van der Waals surface area contributed by atoms with Gasteiger partial charge in [0, 0.05) is 31.7 Å². The van der Waals surface area contributed by atoms with E-state index in [9.17, 15) is 22.8 Å². The number of rotatable bonds is 2. The van der Waals surface area contributed by atoms with Gasteiger partial charge in [0.15, 0.2) is 0 Å². The largest absolute Gasteiger partial charge is 0.335 e. The molecule has 0 atom stereocenters. The predicted molar refractivity (Wildman–Crippen MR) is 92.3 cm³/mol. The lowest BCUT2D eigenvalue weighted by atomic mass is 10.1. The molecule has 0 aromatic heterocycles. The Morgan fingerprint density at radius 2 is 1.35 bits per heavy atom. The molecule has 4 nitrogen and oxygen atoms in total. The Bertz CT molecular complexity index is 847. The Morgan fingerprint density at radius 3 is 1.88 bits per heavy atom. The highest BCUT2D eigenvalue weighted by atomic mass is 79.9. The monoisotopic (exact) mass is 426 g/mol. The van der Waals surface area contributed by atoms with Crippen LogP contribution < -0.4 is 0 Å². The van der Waals surface area contributed by atoms with Gasteiger partial charge in [-0.2, -0.15) is 0 Å². The van der Waals surface area contributed by atoms with Crippen molar-refractivity contribution >= 4 is 27.7 Å². The van der Waals surface area contributed by atoms with E-state index in [-0.39, 0.29) is 42.1 Å². The van der Waals surface area contributed by atoms with Gasteiger partial charge in [0.25, 0.3) is 11.8 Å². The minimum atomic E-state index is -0.918. The van der Waals surface area contributed by atoms with Crippen LogP contribution in [-0.2, 0) is 0 Å². The molecular weight excluding hydrogens is 413 g/mol. The van der Waals surface area contributed by atoms with Crippen LogP contribution in [0.15, 0.2) is 40.9 Å². The first-order chi connectivity index (χ1) is 12.4. The van der Waals surface area contributed by atoms with E-state index < -0.39 is 28.9 Å². The molecule has 2 amide bonds. The molecule has 0 bridgehead atoms. The zero-order valence-electron chi connectivity index (χ0n) is 13.5. The molecule has 0 saturated carbocycles. The Morgan fingerprint density at radius 1 is 0.808 bits per heavy atom. The van der Waals surface area contributed by atoms with E-state index in [4.69, 9.17) is 0 Å². The first-order valence-electron chi connectivity index (χ1n) is 7.86. The normalized spacial score (nSPS) is 14.5. The highest BCUT2D eigenvalue weighted by Gasteiger charge is 2.28. The van der Waals surface area contributed by atoms with Crippen molar-refractivity contribution in [2.75, 3.05) is 26.2 Å². The summed E-state index contributed by atoms with van der Waals surface area (Å²) in [6, 6.07) is 7.33. The van der Waals surface area contributed by atoms with Crippen LogP contribution in [0.25, 0.3) is 0 Å². The van der Waals surface area contributed by atoms with Crippen molar-refractivity contribution in [3.8, 4) is 0 Å². The molecule has 8 heteroatoms. The quantitative estimate of drug-likeness (QED) is 0.737. The third-order valence-corrected chi connectivity index (χ3v) is 4.84. The van der Waals surface area contributed by atoms with Gasteiger partial charge in [0.05, 0.1) is 4.47 Å². The van der Waals surface area contributed by atoms with E-state index >= 15 is 0 Å². The van der Waals surface area contributed by atoms with Crippen molar-refractivity contribution in [3.63, 3.8) is 0 Å². The maximum absolute atomic E-state index is 13.8. The summed E-state index contributed by atoms with van der Waals surface area (Å²) in [5, 5.41) is 0. The van der Waals surface area contributed by atoms with Gasteiger partial charge in [-0.15, -0.1) is 0 Å². The SMILES string of the molecule is O=C(c1ccc(Br)c(F)c1)N1CCN(C(=O)c2c(F)cccc2F)CC1. The van der Waals surface area contributed by atoms with Crippen molar-refractivity contribution in [1.29, 1.82) is 0 Å². The Kier molecular flexibility index (Phi) is 5.31. The second-order valence-corrected chi connectivity index (χ2v) is 6.66. The van der Waals surface area contributed by atoms with Crippen LogP contribution in [-0.4, -0.2) is 47.8 Å². The molecule has 0 spiro atoms. The lowest BCUT2D eigenvalue weighted by molar-refractivity contribution is 0.0529. The van der Waals surface area contributed by atoms with Gasteiger partial charge in [-0.1, -0.05) is 6.07 Å². The molecular formula is C18H14BrF3N2O2. The van der Waals surface area contributed by atoms with Crippen molar-refractivity contribution in [2.45, 2.75) is 0 Å². The van der Waals surface area contributed by atoms with Gasteiger partial charge < -0.3 is 9.80 Å². The van der Waals surface area contributed by atoms with Crippen LogP contribution in [0.4, 0.5) is 13.2 Å². The molecule has 136 valence electrons. The van der Waals surface area contributed by atoms with Crippen molar-refractivity contribution < 1.29 is 22.8 Å². The van der Waals surface area contributed by atoms with Crippen molar-refractivity contribution in [1.82, 2.24) is 9.80 Å². The molecule has 1 fully saturated rings. The van der Waals surface area contributed by atoms with Crippen LogP contribution in [0, 0.1) is 17.5 Å². The van der Waals surface area contributed by atoms with Gasteiger partial charge in [-0.3, -0.25) is 9.59 Å². The van der Waals surface area contributed by atoms with Gasteiger partial charge in [-0.05, 0) is 46.3 Å². The average Bonchev–Trinajstić information content (AvgIpc) is 2.63. The van der Waals surface area contributed by atoms with E-state index in [1.165, 1.54) is 28.0 Å². The fraction of sp³-hybridized carbons (Fsp3) is 0.222. The summed E-state index contributed by atoms with van der Waals surface area (Å²) in [7, 11) is 0. The predicted octanol–water partition coefficient (Wildman–Crippen LogP) is 3.46. The molecule has 1 aliphatic heterocycles. The van der Waals surface area contributed by atoms with Gasteiger partial charge >= 0.3 is 0 Å². The fourth-order valence-corrected chi connectivity index (χ4v) is 3.03. The number of carbonyl (C=O) groups is 2. The van der Waals surface area contributed by atoms with Gasteiger partial charge in [-0.25, -0.2) is 13.2 Å². The molecule has 2 aromatic rings. The van der Waals surface area contributed by atoms with Crippen molar-refractivity contribution in [2.24, 2.45) is 0 Å². The molecule has 2 aromatic carbocycles. The lowest BCUT2D eigenvalue weighted by Gasteiger charge is -2.35. The number of hydrogen-bond acceptors (Lipinski definition) is 2. The second-order valence-electron chi connectivity index (χ2n) is 5.81. The van der Waals surface area contributed by atoms with Crippen molar-refractivity contribution in [3.05, 3.63) is 69.4 Å². The van der Waals surface area contributed by atoms with Crippen LogP contribution in [0.3, 0.4) is 0 Å². The summed E-state index contributed by atoms with van der Waals surface area (Å²) in [4.78, 5) is 27.6. The first-order valence-corrected chi connectivity index (χ1v) is 8.65. The Labute approximate surface area is 156 Å². The van der Waals surface area contributed by atoms with Crippen LogP contribution in [0.2, 0.25) is 0 Å². The third kappa shape index (κ3) is 3.60. The highest BCUT2D eigenvalue weighted by Crippen LogP contribution is 2.19. The van der Waals surface area contributed by atoms with Crippen LogP contribution in [0.5, 0.6) is 0 Å². The summed E-state index contributed by atoms with van der Waals surface area (Å²) in [5.74, 6) is -3.49. The number of carbonyl (C=O) groups excluding carboxylic acids is 2. The number of piperazine rings is 1. The highest BCUT2D eigenvalue weighted by molar-refractivity contribution is 9.10. The molecule has 26 heavy (non-hydrogen) atoms. The van der Waals surface area contributed by atoms with E-state index in [1.807, 2.05) is 0 Å². The number of hydrogen-bond donors (Lipinski definition) is 0. The van der Waals surface area contributed by atoms with E-state index in [0.29, 0.717) is 0 Å². The van der Waals surface area contributed by atoms with E-state index in [0.717, 1.165) is 18.2 Å². The maximum Gasteiger partial charge on any atom is 0.259 e. The molecule has 3 rings (SSSR count). The molecule has 0 unspecified atom stereocenters. The number of nitrogens with zero attached hydrogens (tertiary/aromatic N) is 2. The number of halogens is 4. The Balaban J connectivity index is 1.68. The number of benzene rings is 2. The summed E-state index contributed by atoms with van der Waals surface area (Å²) in [5.41, 5.74) is -0.395. The molecule has 1 aliphatic rings. The summed E-state index contributed by atoms with van der Waals surface area (Å²) < 4.78 is 41.4. The molecule has 1 heterocycles. The third-order valence-electron chi connectivity index (χ3n) is 4.20. The average molecular weight is 427 g/mol. The zero-order chi connectivity index (χ0) is 18.8. The van der Waals surface area contributed by atoms with Crippen LogP contribution >= 0.6 is 15.9 Å². The van der Waals surface area contributed by atoms with E-state index in [2.05, 4.69) is 15.9 Å². The zero-order valence-corrected chi connectivity index (χ0v) is 15.1. The van der Waals surface area contributed by atoms with Gasteiger partial charge in [0.1, 0.15) is 23.0 Å². The topological polar surface area (TPSA) is 40.6 Å². The summed E-state index contributed by atoms with van der Waals surface area (Å²) >= 11 is 3.03. The minimum absolute atomic E-state index is 0.136. The van der Waals surface area contributed by atoms with E-state index in [1.54, 1.807) is 0 Å². The Hall–Kier alpha value is -2.35.